The summed E-state index contributed by atoms with van der Waals surface area (Å²) < 4.78 is 0. The van der Waals surface area contributed by atoms with Gasteiger partial charge in [0, 0.05) is 11.6 Å². The van der Waals surface area contributed by atoms with Crippen LogP contribution in [0.15, 0.2) is 18.3 Å². The molecule has 0 aromatic carbocycles. The minimum absolute atomic E-state index is 0.0841. The Kier molecular flexibility index (Phi) is 3.43. The highest BCUT2D eigenvalue weighted by molar-refractivity contribution is 5.94. The van der Waals surface area contributed by atoms with Crippen LogP contribution in [0.3, 0.4) is 0 Å². The molecule has 1 saturated heterocycles. The number of anilines is 1. The minimum Gasteiger partial charge on any atom is -0.317 e. The van der Waals surface area contributed by atoms with Crippen molar-refractivity contribution in [1.29, 1.82) is 0 Å². The maximum Gasteiger partial charge on any atom is 0.231 e. The van der Waals surface area contributed by atoms with Crippen molar-refractivity contribution in [3.8, 4) is 0 Å². The van der Waals surface area contributed by atoms with Gasteiger partial charge >= 0.3 is 0 Å². The van der Waals surface area contributed by atoms with E-state index in [1.165, 1.54) is 0 Å². The van der Waals surface area contributed by atoms with Crippen LogP contribution in [-0.2, 0) is 4.79 Å². The zero-order chi connectivity index (χ0) is 12.3. The molecule has 1 aromatic heterocycles. The quantitative estimate of drug-likeness (QED) is 0.817. The van der Waals surface area contributed by atoms with Crippen molar-refractivity contribution in [3.63, 3.8) is 0 Å². The largest absolute Gasteiger partial charge is 0.317 e. The van der Waals surface area contributed by atoms with Gasteiger partial charge in [-0.2, -0.15) is 0 Å². The second-order valence-corrected chi connectivity index (χ2v) is 4.93. The van der Waals surface area contributed by atoms with Gasteiger partial charge in [-0.25, -0.2) is 4.98 Å². The van der Waals surface area contributed by atoms with E-state index < -0.39 is 0 Å². The molecule has 1 aliphatic rings. The molecule has 2 N–H and O–H groups in total. The first-order valence-corrected chi connectivity index (χ1v) is 6.06. The SMILES string of the molecule is Cc1cccnc1NC(=O)C1(C)CCNCC1. The Labute approximate surface area is 102 Å². The molecule has 92 valence electrons. The van der Waals surface area contributed by atoms with E-state index in [0.29, 0.717) is 5.82 Å². The lowest BCUT2D eigenvalue weighted by molar-refractivity contribution is -0.126. The zero-order valence-corrected chi connectivity index (χ0v) is 10.4. The van der Waals surface area contributed by atoms with Gasteiger partial charge in [-0.05, 0) is 44.5 Å². The van der Waals surface area contributed by atoms with Crippen molar-refractivity contribution in [2.75, 3.05) is 18.4 Å². The Morgan fingerprint density at radius 3 is 2.82 bits per heavy atom. The number of nitrogens with one attached hydrogen (secondary N) is 2. The van der Waals surface area contributed by atoms with Crippen LogP contribution in [0.1, 0.15) is 25.3 Å². The number of hydrogen-bond acceptors (Lipinski definition) is 3. The molecule has 4 heteroatoms. The fraction of sp³-hybridized carbons (Fsp3) is 0.538. The number of aromatic nitrogens is 1. The Morgan fingerprint density at radius 2 is 2.18 bits per heavy atom. The molecule has 17 heavy (non-hydrogen) atoms. The summed E-state index contributed by atoms with van der Waals surface area (Å²) in [5, 5.41) is 6.22. The van der Waals surface area contributed by atoms with Crippen molar-refractivity contribution in [1.82, 2.24) is 10.3 Å². The summed E-state index contributed by atoms with van der Waals surface area (Å²) in [7, 11) is 0. The molecule has 0 spiro atoms. The summed E-state index contributed by atoms with van der Waals surface area (Å²) in [5.74, 6) is 0.762. The molecule has 0 bridgehead atoms. The van der Waals surface area contributed by atoms with E-state index in [1.54, 1.807) is 6.20 Å². The average molecular weight is 233 g/mol. The number of piperidine rings is 1. The van der Waals surface area contributed by atoms with E-state index in [0.717, 1.165) is 31.5 Å². The van der Waals surface area contributed by atoms with E-state index in [-0.39, 0.29) is 11.3 Å². The molecule has 2 rings (SSSR count). The van der Waals surface area contributed by atoms with Crippen molar-refractivity contribution >= 4 is 11.7 Å². The summed E-state index contributed by atoms with van der Waals surface area (Å²) in [6.07, 6.45) is 3.46. The zero-order valence-electron chi connectivity index (χ0n) is 10.4. The lowest BCUT2D eigenvalue weighted by atomic mass is 9.80. The fourth-order valence-electron chi connectivity index (χ4n) is 2.08. The summed E-state index contributed by atoms with van der Waals surface area (Å²) in [6, 6.07) is 3.82. The standard InChI is InChI=1S/C13H19N3O/c1-10-4-3-7-15-11(10)16-12(17)13(2)5-8-14-9-6-13/h3-4,7,14H,5-6,8-9H2,1-2H3,(H,15,16,17). The summed E-state index contributed by atoms with van der Waals surface area (Å²) in [6.45, 7) is 5.80. The van der Waals surface area contributed by atoms with Gasteiger partial charge in [0.1, 0.15) is 5.82 Å². The van der Waals surface area contributed by atoms with E-state index in [1.807, 2.05) is 26.0 Å². The van der Waals surface area contributed by atoms with Crippen molar-refractivity contribution < 1.29 is 4.79 Å². The molecule has 1 amide bonds. The second-order valence-electron chi connectivity index (χ2n) is 4.93. The predicted octanol–water partition coefficient (Wildman–Crippen LogP) is 1.72. The van der Waals surface area contributed by atoms with Crippen molar-refractivity contribution in [2.24, 2.45) is 5.41 Å². The molecule has 1 fully saturated rings. The molecule has 0 atom stereocenters. The molecule has 0 unspecified atom stereocenters. The number of carbonyl (C=O) groups is 1. The molecule has 1 aliphatic heterocycles. The van der Waals surface area contributed by atoms with Crippen LogP contribution < -0.4 is 10.6 Å². The maximum absolute atomic E-state index is 12.3. The summed E-state index contributed by atoms with van der Waals surface area (Å²) >= 11 is 0. The van der Waals surface area contributed by atoms with Crippen LogP contribution in [0.2, 0.25) is 0 Å². The van der Waals surface area contributed by atoms with Gasteiger partial charge in [-0.3, -0.25) is 4.79 Å². The minimum atomic E-state index is -0.269. The number of pyridine rings is 1. The Hall–Kier alpha value is -1.42. The third kappa shape index (κ3) is 2.64. The number of aryl methyl sites for hydroxylation is 1. The lowest BCUT2D eigenvalue weighted by Crippen LogP contribution is -2.43. The third-order valence-corrected chi connectivity index (χ3v) is 3.50. The van der Waals surface area contributed by atoms with Gasteiger partial charge in [-0.1, -0.05) is 13.0 Å². The van der Waals surface area contributed by atoms with E-state index in [2.05, 4.69) is 15.6 Å². The van der Waals surface area contributed by atoms with Gasteiger partial charge in [0.25, 0.3) is 0 Å². The molecule has 0 saturated carbocycles. The average Bonchev–Trinajstić information content (AvgIpc) is 2.33. The summed E-state index contributed by atoms with van der Waals surface area (Å²) in [4.78, 5) is 16.5. The van der Waals surface area contributed by atoms with Gasteiger partial charge in [0.2, 0.25) is 5.91 Å². The van der Waals surface area contributed by atoms with E-state index in [9.17, 15) is 4.79 Å². The van der Waals surface area contributed by atoms with Crippen LogP contribution in [0.5, 0.6) is 0 Å². The van der Waals surface area contributed by atoms with Gasteiger partial charge < -0.3 is 10.6 Å². The molecule has 0 aliphatic carbocycles. The lowest BCUT2D eigenvalue weighted by Gasteiger charge is -2.32. The second kappa shape index (κ2) is 4.84. The summed E-state index contributed by atoms with van der Waals surface area (Å²) in [5.41, 5.74) is 0.730. The normalized spacial score (nSPS) is 18.7. The predicted molar refractivity (Wildman–Crippen MR) is 67.8 cm³/mol. The number of rotatable bonds is 2. The van der Waals surface area contributed by atoms with Crippen LogP contribution in [-0.4, -0.2) is 24.0 Å². The van der Waals surface area contributed by atoms with E-state index in [4.69, 9.17) is 0 Å². The monoisotopic (exact) mass is 233 g/mol. The van der Waals surface area contributed by atoms with Crippen LogP contribution in [0.4, 0.5) is 5.82 Å². The molecule has 4 nitrogen and oxygen atoms in total. The molecular formula is C13H19N3O. The van der Waals surface area contributed by atoms with Crippen LogP contribution in [0.25, 0.3) is 0 Å². The highest BCUT2D eigenvalue weighted by Crippen LogP contribution is 2.29. The molecular weight excluding hydrogens is 214 g/mol. The van der Waals surface area contributed by atoms with Gasteiger partial charge in [-0.15, -0.1) is 0 Å². The Balaban J connectivity index is 2.08. The topological polar surface area (TPSA) is 54.0 Å². The molecule has 1 aromatic rings. The van der Waals surface area contributed by atoms with Crippen molar-refractivity contribution in [2.45, 2.75) is 26.7 Å². The Morgan fingerprint density at radius 1 is 1.47 bits per heavy atom. The number of amides is 1. The Bertz CT molecular complexity index is 411. The fourth-order valence-corrected chi connectivity index (χ4v) is 2.08. The molecule has 2 heterocycles. The molecule has 0 radical (unpaired) electrons. The number of carbonyl (C=O) groups excluding carboxylic acids is 1. The first-order valence-electron chi connectivity index (χ1n) is 6.06. The van der Waals surface area contributed by atoms with E-state index >= 15 is 0 Å². The number of hydrogen-bond donors (Lipinski definition) is 2. The van der Waals surface area contributed by atoms with Crippen molar-refractivity contribution in [3.05, 3.63) is 23.9 Å². The highest BCUT2D eigenvalue weighted by Gasteiger charge is 2.34. The first-order chi connectivity index (χ1) is 8.12. The van der Waals surface area contributed by atoms with Crippen LogP contribution >= 0.6 is 0 Å². The van der Waals surface area contributed by atoms with Gasteiger partial charge in [0.05, 0.1) is 0 Å². The number of nitrogens with zero attached hydrogens (tertiary/aromatic N) is 1. The van der Waals surface area contributed by atoms with Crippen LogP contribution in [0, 0.1) is 12.3 Å². The maximum atomic E-state index is 12.3. The highest BCUT2D eigenvalue weighted by atomic mass is 16.2. The third-order valence-electron chi connectivity index (χ3n) is 3.50. The first kappa shape index (κ1) is 12.0. The smallest absolute Gasteiger partial charge is 0.231 e. The van der Waals surface area contributed by atoms with Gasteiger partial charge in [0.15, 0.2) is 0 Å².